The molecule has 0 bridgehead atoms. The number of likely N-dealkylation sites (tertiary alicyclic amines) is 1. The molecule has 1 saturated heterocycles. The fraction of sp³-hybridized carbons (Fsp3) is 0.500. The third-order valence-electron chi connectivity index (χ3n) is 6.03. The molecule has 1 saturated carbocycles. The van der Waals surface area contributed by atoms with E-state index in [0.29, 0.717) is 17.8 Å². The number of methoxy groups -OCH3 is 1. The fourth-order valence-electron chi connectivity index (χ4n) is 4.65. The van der Waals surface area contributed by atoms with E-state index in [1.54, 1.807) is 13.3 Å². The molecule has 0 unspecified atom stereocenters. The number of benzene rings is 1. The SMILES string of the molecule is CO[C@@H]1CC[C@H]2N(C(=O)c3nccc4ccccc34)CC[C@@]2(C)C1. The number of pyridine rings is 1. The maximum Gasteiger partial charge on any atom is 0.273 e. The summed E-state index contributed by atoms with van der Waals surface area (Å²) in [6.07, 6.45) is 6.22. The molecular formula is C20H24N2O2. The van der Waals surface area contributed by atoms with Gasteiger partial charge in [0.15, 0.2) is 0 Å². The molecule has 2 aliphatic rings. The topological polar surface area (TPSA) is 42.4 Å². The average molecular weight is 324 g/mol. The van der Waals surface area contributed by atoms with Crippen LogP contribution in [0.3, 0.4) is 0 Å². The number of carbonyl (C=O) groups excluding carboxylic acids is 1. The maximum absolute atomic E-state index is 13.2. The zero-order valence-corrected chi connectivity index (χ0v) is 14.4. The fourth-order valence-corrected chi connectivity index (χ4v) is 4.65. The van der Waals surface area contributed by atoms with Gasteiger partial charge in [-0.05, 0) is 42.6 Å². The van der Waals surface area contributed by atoms with E-state index in [1.165, 1.54) is 0 Å². The van der Waals surface area contributed by atoms with E-state index in [1.807, 2.05) is 30.3 Å². The summed E-state index contributed by atoms with van der Waals surface area (Å²) in [6.45, 7) is 3.13. The highest BCUT2D eigenvalue weighted by molar-refractivity contribution is 6.05. The highest BCUT2D eigenvalue weighted by Crippen LogP contribution is 2.47. The summed E-state index contributed by atoms with van der Waals surface area (Å²) in [4.78, 5) is 19.7. The van der Waals surface area contributed by atoms with Crippen molar-refractivity contribution in [2.24, 2.45) is 5.41 Å². The molecule has 1 aliphatic heterocycles. The van der Waals surface area contributed by atoms with Crippen molar-refractivity contribution in [3.63, 3.8) is 0 Å². The Morgan fingerprint density at radius 2 is 2.12 bits per heavy atom. The lowest BCUT2D eigenvalue weighted by Gasteiger charge is -2.42. The molecule has 4 rings (SSSR count). The summed E-state index contributed by atoms with van der Waals surface area (Å²) in [7, 11) is 1.80. The van der Waals surface area contributed by atoms with Gasteiger partial charge < -0.3 is 9.64 Å². The van der Waals surface area contributed by atoms with E-state index in [2.05, 4.69) is 16.8 Å². The summed E-state index contributed by atoms with van der Waals surface area (Å²) in [5.41, 5.74) is 0.755. The number of carbonyl (C=O) groups is 1. The first-order valence-electron chi connectivity index (χ1n) is 8.80. The van der Waals surface area contributed by atoms with E-state index in [9.17, 15) is 4.79 Å². The predicted molar refractivity (Wildman–Crippen MR) is 93.9 cm³/mol. The second-order valence-electron chi connectivity index (χ2n) is 7.44. The molecule has 2 fully saturated rings. The highest BCUT2D eigenvalue weighted by Gasteiger charge is 2.49. The van der Waals surface area contributed by atoms with Crippen molar-refractivity contribution in [3.8, 4) is 0 Å². The minimum atomic E-state index is 0.0800. The van der Waals surface area contributed by atoms with Gasteiger partial charge in [0.05, 0.1) is 6.10 Å². The Balaban J connectivity index is 1.66. The Morgan fingerprint density at radius 3 is 2.96 bits per heavy atom. The molecule has 3 atom stereocenters. The highest BCUT2D eigenvalue weighted by atomic mass is 16.5. The zero-order valence-electron chi connectivity index (χ0n) is 14.4. The van der Waals surface area contributed by atoms with Crippen LogP contribution in [0.4, 0.5) is 0 Å². The minimum Gasteiger partial charge on any atom is -0.381 e. The monoisotopic (exact) mass is 324 g/mol. The molecule has 126 valence electrons. The molecule has 1 aromatic heterocycles. The number of aromatic nitrogens is 1. The van der Waals surface area contributed by atoms with Crippen LogP contribution in [0.1, 0.15) is 43.1 Å². The predicted octanol–water partition coefficient (Wildman–Crippen LogP) is 3.65. The molecule has 1 aliphatic carbocycles. The molecular weight excluding hydrogens is 300 g/mol. The van der Waals surface area contributed by atoms with E-state index >= 15 is 0 Å². The Bertz CT molecular complexity index is 770. The van der Waals surface area contributed by atoms with Crippen LogP contribution < -0.4 is 0 Å². The van der Waals surface area contributed by atoms with Gasteiger partial charge >= 0.3 is 0 Å². The number of nitrogens with zero attached hydrogens (tertiary/aromatic N) is 2. The van der Waals surface area contributed by atoms with E-state index in [4.69, 9.17) is 4.74 Å². The molecule has 4 nitrogen and oxygen atoms in total. The van der Waals surface area contributed by atoms with E-state index in [-0.39, 0.29) is 11.3 Å². The van der Waals surface area contributed by atoms with Gasteiger partial charge in [0.25, 0.3) is 5.91 Å². The van der Waals surface area contributed by atoms with Gasteiger partial charge in [-0.2, -0.15) is 0 Å². The van der Waals surface area contributed by atoms with Gasteiger partial charge in [0.1, 0.15) is 5.69 Å². The third kappa shape index (κ3) is 2.40. The molecule has 1 amide bonds. The zero-order chi connectivity index (χ0) is 16.7. The summed E-state index contributed by atoms with van der Waals surface area (Å²) >= 11 is 0. The van der Waals surface area contributed by atoms with Gasteiger partial charge in [0, 0.05) is 31.3 Å². The first kappa shape index (κ1) is 15.6. The Kier molecular flexibility index (Phi) is 3.80. The van der Waals surface area contributed by atoms with Crippen molar-refractivity contribution >= 4 is 16.7 Å². The normalized spacial score (nSPS) is 29.7. The van der Waals surface area contributed by atoms with Crippen LogP contribution in [-0.4, -0.2) is 41.6 Å². The summed E-state index contributed by atoms with van der Waals surface area (Å²) < 4.78 is 5.59. The second kappa shape index (κ2) is 5.85. The number of rotatable bonds is 2. The molecule has 2 aromatic rings. The lowest BCUT2D eigenvalue weighted by atomic mass is 9.71. The van der Waals surface area contributed by atoms with Crippen LogP contribution in [-0.2, 0) is 4.74 Å². The number of ether oxygens (including phenoxy) is 1. The van der Waals surface area contributed by atoms with Gasteiger partial charge in [-0.25, -0.2) is 0 Å². The standard InChI is InChI=1S/C20H24N2O2/c1-20-10-12-22(17(20)8-7-15(13-20)24-2)19(23)18-16-6-4-3-5-14(16)9-11-21-18/h3-6,9,11,15,17H,7-8,10,12-13H2,1-2H3/t15-,17-,20+/m1/s1. The molecule has 0 radical (unpaired) electrons. The first-order chi connectivity index (χ1) is 11.6. The lowest BCUT2D eigenvalue weighted by Crippen LogP contribution is -2.46. The van der Waals surface area contributed by atoms with Crippen LogP contribution in [0.25, 0.3) is 10.8 Å². The minimum absolute atomic E-state index is 0.0800. The van der Waals surface area contributed by atoms with Crippen molar-refractivity contribution in [1.82, 2.24) is 9.88 Å². The molecule has 1 aromatic carbocycles. The van der Waals surface area contributed by atoms with Crippen LogP contribution in [0, 0.1) is 5.41 Å². The third-order valence-corrected chi connectivity index (χ3v) is 6.03. The van der Waals surface area contributed by atoms with Gasteiger partial charge in [-0.15, -0.1) is 0 Å². The average Bonchev–Trinajstić information content (AvgIpc) is 2.96. The van der Waals surface area contributed by atoms with Crippen molar-refractivity contribution < 1.29 is 9.53 Å². The number of fused-ring (bicyclic) bond motifs is 2. The number of hydrogen-bond donors (Lipinski definition) is 0. The van der Waals surface area contributed by atoms with Crippen molar-refractivity contribution in [1.29, 1.82) is 0 Å². The van der Waals surface area contributed by atoms with Crippen molar-refractivity contribution in [2.45, 2.75) is 44.8 Å². The second-order valence-corrected chi connectivity index (χ2v) is 7.44. The smallest absolute Gasteiger partial charge is 0.273 e. The molecule has 24 heavy (non-hydrogen) atoms. The van der Waals surface area contributed by atoms with Gasteiger partial charge in [-0.1, -0.05) is 31.2 Å². The first-order valence-corrected chi connectivity index (χ1v) is 8.80. The van der Waals surface area contributed by atoms with E-state index in [0.717, 1.165) is 43.0 Å². The van der Waals surface area contributed by atoms with Crippen LogP contribution in [0.15, 0.2) is 36.5 Å². The molecule has 4 heteroatoms. The summed E-state index contributed by atoms with van der Waals surface area (Å²) in [6, 6.07) is 10.3. The maximum atomic E-state index is 13.2. The van der Waals surface area contributed by atoms with Crippen LogP contribution >= 0.6 is 0 Å². The van der Waals surface area contributed by atoms with Crippen molar-refractivity contribution in [3.05, 3.63) is 42.2 Å². The Hall–Kier alpha value is -1.94. The van der Waals surface area contributed by atoms with Crippen LogP contribution in [0.5, 0.6) is 0 Å². The Labute approximate surface area is 142 Å². The molecule has 0 spiro atoms. The van der Waals surface area contributed by atoms with Gasteiger partial charge in [-0.3, -0.25) is 9.78 Å². The largest absolute Gasteiger partial charge is 0.381 e. The quantitative estimate of drug-likeness (QED) is 0.847. The molecule has 2 heterocycles. The van der Waals surface area contributed by atoms with Gasteiger partial charge in [0.2, 0.25) is 0 Å². The van der Waals surface area contributed by atoms with Crippen LogP contribution in [0.2, 0.25) is 0 Å². The molecule has 0 N–H and O–H groups in total. The van der Waals surface area contributed by atoms with E-state index < -0.39 is 0 Å². The number of amides is 1. The number of hydrogen-bond acceptors (Lipinski definition) is 3. The summed E-state index contributed by atoms with van der Waals surface area (Å²) in [5.74, 6) is 0.0800. The van der Waals surface area contributed by atoms with Crippen molar-refractivity contribution in [2.75, 3.05) is 13.7 Å². The lowest BCUT2D eigenvalue weighted by molar-refractivity contribution is -0.00283. The summed E-state index contributed by atoms with van der Waals surface area (Å²) in [5, 5.41) is 2.02. The Morgan fingerprint density at radius 1 is 1.29 bits per heavy atom.